The zero-order chi connectivity index (χ0) is 14.5. The minimum atomic E-state index is 0.283. The van der Waals surface area contributed by atoms with Gasteiger partial charge >= 0.3 is 0 Å². The molecule has 0 spiro atoms. The second kappa shape index (κ2) is 7.18. The summed E-state index contributed by atoms with van der Waals surface area (Å²) in [6, 6.07) is 2.57. The first-order chi connectivity index (χ1) is 10.3. The van der Waals surface area contributed by atoms with Crippen molar-refractivity contribution in [2.45, 2.75) is 44.6 Å². The summed E-state index contributed by atoms with van der Waals surface area (Å²) in [5.41, 5.74) is 0.931. The fourth-order valence-corrected chi connectivity index (χ4v) is 3.40. The Morgan fingerprint density at radius 1 is 1.24 bits per heavy atom. The number of hydrogen-bond acceptors (Lipinski definition) is 4. The lowest BCUT2D eigenvalue weighted by molar-refractivity contribution is -0.119. The first-order valence-electron chi connectivity index (χ1n) is 8.30. The molecule has 0 unspecified atom stereocenters. The minimum Gasteiger partial charge on any atom is -0.314 e. The van der Waals surface area contributed by atoms with E-state index in [0.29, 0.717) is 19.0 Å². The van der Waals surface area contributed by atoms with Crippen LogP contribution in [0, 0.1) is 0 Å². The van der Waals surface area contributed by atoms with Gasteiger partial charge in [0.2, 0.25) is 0 Å². The van der Waals surface area contributed by atoms with Gasteiger partial charge in [0.25, 0.3) is 0 Å². The summed E-state index contributed by atoms with van der Waals surface area (Å²) in [5.74, 6) is 0.283. The van der Waals surface area contributed by atoms with Crippen LogP contribution in [0.5, 0.6) is 0 Å². The van der Waals surface area contributed by atoms with Gasteiger partial charge in [-0.05, 0) is 18.9 Å². The van der Waals surface area contributed by atoms with E-state index in [1.807, 2.05) is 6.07 Å². The Balaban J connectivity index is 1.50. The Bertz CT molecular complexity index is 459. The third-order valence-corrected chi connectivity index (χ3v) is 4.60. The highest BCUT2D eigenvalue weighted by molar-refractivity contribution is 5.82. The number of rotatable bonds is 5. The van der Waals surface area contributed by atoms with Crippen LogP contribution in [0.3, 0.4) is 0 Å². The van der Waals surface area contributed by atoms with Crippen molar-refractivity contribution in [3.05, 3.63) is 18.0 Å². The summed E-state index contributed by atoms with van der Waals surface area (Å²) < 4.78 is 2.09. The molecule has 21 heavy (non-hydrogen) atoms. The van der Waals surface area contributed by atoms with Crippen molar-refractivity contribution in [1.29, 1.82) is 0 Å². The van der Waals surface area contributed by atoms with E-state index >= 15 is 0 Å². The number of carbonyl (C=O) groups is 1. The van der Waals surface area contributed by atoms with E-state index in [4.69, 9.17) is 0 Å². The molecule has 0 amide bonds. The Kier molecular flexibility index (Phi) is 5.04. The molecule has 2 heterocycles. The van der Waals surface area contributed by atoms with Crippen molar-refractivity contribution in [2.75, 3.05) is 32.7 Å². The van der Waals surface area contributed by atoms with Crippen molar-refractivity contribution in [3.8, 4) is 0 Å². The van der Waals surface area contributed by atoms with Gasteiger partial charge in [0.15, 0.2) is 5.78 Å². The van der Waals surface area contributed by atoms with Crippen LogP contribution in [0.15, 0.2) is 12.3 Å². The van der Waals surface area contributed by atoms with Gasteiger partial charge in [0, 0.05) is 32.4 Å². The largest absolute Gasteiger partial charge is 0.314 e. The number of ketones is 1. The normalized spacial score (nSPS) is 21.5. The second-order valence-corrected chi connectivity index (χ2v) is 6.32. The third kappa shape index (κ3) is 4.14. The Hall–Kier alpha value is -1.20. The topological polar surface area (TPSA) is 50.2 Å². The molecule has 0 bridgehead atoms. The molecule has 1 saturated carbocycles. The predicted molar refractivity (Wildman–Crippen MR) is 82.4 cm³/mol. The highest BCUT2D eigenvalue weighted by Gasteiger charge is 2.18. The molecule has 116 valence electrons. The Labute approximate surface area is 126 Å². The Morgan fingerprint density at radius 3 is 2.76 bits per heavy atom. The van der Waals surface area contributed by atoms with E-state index in [9.17, 15) is 4.79 Å². The quantitative estimate of drug-likeness (QED) is 0.891. The molecule has 5 heteroatoms. The van der Waals surface area contributed by atoms with Gasteiger partial charge in [0.05, 0.1) is 24.7 Å². The second-order valence-electron chi connectivity index (χ2n) is 6.32. The van der Waals surface area contributed by atoms with Gasteiger partial charge in [-0.25, -0.2) is 0 Å². The van der Waals surface area contributed by atoms with Crippen LogP contribution >= 0.6 is 0 Å². The maximum absolute atomic E-state index is 12.2. The molecule has 1 aliphatic carbocycles. The van der Waals surface area contributed by atoms with E-state index in [1.165, 1.54) is 32.1 Å². The van der Waals surface area contributed by atoms with Crippen molar-refractivity contribution in [1.82, 2.24) is 20.0 Å². The number of hydrogen-bond donors (Lipinski definition) is 1. The van der Waals surface area contributed by atoms with Crippen LogP contribution < -0.4 is 5.32 Å². The van der Waals surface area contributed by atoms with Crippen molar-refractivity contribution < 1.29 is 4.79 Å². The fourth-order valence-electron chi connectivity index (χ4n) is 3.40. The van der Waals surface area contributed by atoms with Crippen LogP contribution in [-0.2, 0) is 11.2 Å². The standard InChI is InChI=1S/C16H26N4O/c21-16(13-19-10-7-17-8-11-19)12-14-6-9-20(18-14)15-4-2-1-3-5-15/h6,9,15,17H,1-5,7-8,10-13H2. The molecule has 1 saturated heterocycles. The van der Waals surface area contributed by atoms with Crippen molar-refractivity contribution in [2.24, 2.45) is 0 Å². The molecular weight excluding hydrogens is 264 g/mol. The zero-order valence-corrected chi connectivity index (χ0v) is 12.8. The van der Waals surface area contributed by atoms with Gasteiger partial charge in [-0.2, -0.15) is 5.10 Å². The first kappa shape index (κ1) is 14.7. The van der Waals surface area contributed by atoms with Crippen LogP contribution in [0.25, 0.3) is 0 Å². The lowest BCUT2D eigenvalue weighted by atomic mass is 9.96. The van der Waals surface area contributed by atoms with E-state index in [2.05, 4.69) is 26.2 Å². The molecule has 1 aliphatic heterocycles. The number of piperazine rings is 1. The monoisotopic (exact) mass is 290 g/mol. The summed E-state index contributed by atoms with van der Waals surface area (Å²) in [4.78, 5) is 14.4. The SMILES string of the molecule is O=C(Cc1ccn(C2CCCCC2)n1)CN1CCNCC1. The maximum atomic E-state index is 12.2. The molecule has 1 aromatic rings. The van der Waals surface area contributed by atoms with E-state index in [1.54, 1.807) is 0 Å². The highest BCUT2D eigenvalue weighted by Crippen LogP contribution is 2.27. The lowest BCUT2D eigenvalue weighted by Gasteiger charge is -2.26. The number of aromatic nitrogens is 2. The van der Waals surface area contributed by atoms with E-state index < -0.39 is 0 Å². The summed E-state index contributed by atoms with van der Waals surface area (Å²) >= 11 is 0. The average Bonchev–Trinajstić information content (AvgIpc) is 2.97. The summed E-state index contributed by atoms with van der Waals surface area (Å²) in [7, 11) is 0. The molecule has 0 aromatic carbocycles. The van der Waals surface area contributed by atoms with Crippen molar-refractivity contribution in [3.63, 3.8) is 0 Å². The van der Waals surface area contributed by atoms with Gasteiger partial charge in [-0.3, -0.25) is 14.4 Å². The van der Waals surface area contributed by atoms with Crippen LogP contribution in [-0.4, -0.2) is 53.2 Å². The molecule has 1 N–H and O–H groups in total. The molecule has 1 aromatic heterocycles. The molecule has 5 nitrogen and oxygen atoms in total. The van der Waals surface area contributed by atoms with Crippen LogP contribution in [0.2, 0.25) is 0 Å². The number of nitrogens with one attached hydrogen (secondary N) is 1. The molecule has 2 aliphatic rings. The number of nitrogens with zero attached hydrogens (tertiary/aromatic N) is 3. The summed E-state index contributed by atoms with van der Waals surface area (Å²) in [5, 5.41) is 7.94. The highest BCUT2D eigenvalue weighted by atomic mass is 16.1. The maximum Gasteiger partial charge on any atom is 0.152 e. The number of carbonyl (C=O) groups excluding carboxylic acids is 1. The summed E-state index contributed by atoms with van der Waals surface area (Å²) in [6.07, 6.45) is 8.97. The predicted octanol–water partition coefficient (Wildman–Crippen LogP) is 1.41. The van der Waals surface area contributed by atoms with Crippen LogP contribution in [0.4, 0.5) is 0 Å². The molecule has 0 atom stereocenters. The first-order valence-corrected chi connectivity index (χ1v) is 8.30. The van der Waals surface area contributed by atoms with E-state index in [0.717, 1.165) is 31.9 Å². The molecule has 3 rings (SSSR count). The number of Topliss-reactive ketones (excluding diaryl/α,β-unsaturated/α-hetero) is 1. The zero-order valence-electron chi connectivity index (χ0n) is 12.8. The van der Waals surface area contributed by atoms with Gasteiger partial charge < -0.3 is 5.32 Å². The average molecular weight is 290 g/mol. The fraction of sp³-hybridized carbons (Fsp3) is 0.750. The minimum absolute atomic E-state index is 0.283. The van der Waals surface area contributed by atoms with Crippen LogP contribution in [0.1, 0.15) is 43.8 Å². The van der Waals surface area contributed by atoms with Gasteiger partial charge in [-0.1, -0.05) is 19.3 Å². The smallest absolute Gasteiger partial charge is 0.152 e. The van der Waals surface area contributed by atoms with Crippen molar-refractivity contribution >= 4 is 5.78 Å². The van der Waals surface area contributed by atoms with Gasteiger partial charge in [-0.15, -0.1) is 0 Å². The van der Waals surface area contributed by atoms with Gasteiger partial charge in [0.1, 0.15) is 0 Å². The van der Waals surface area contributed by atoms with E-state index in [-0.39, 0.29) is 5.78 Å². The molecule has 2 fully saturated rings. The third-order valence-electron chi connectivity index (χ3n) is 4.60. The lowest BCUT2D eigenvalue weighted by Crippen LogP contribution is -2.45. The Morgan fingerprint density at radius 2 is 2.00 bits per heavy atom. The molecular formula is C16H26N4O. The summed E-state index contributed by atoms with van der Waals surface area (Å²) in [6.45, 7) is 4.50. The molecule has 0 radical (unpaired) electrons.